The zero-order valence-electron chi connectivity index (χ0n) is 10.7. The highest BCUT2D eigenvalue weighted by Crippen LogP contribution is 2.21. The Bertz CT molecular complexity index is 394. The predicted molar refractivity (Wildman–Crippen MR) is 71.5 cm³/mol. The molecule has 0 spiro atoms. The van der Waals surface area contributed by atoms with Crippen LogP contribution in [-0.2, 0) is 4.79 Å². The molecule has 1 heterocycles. The van der Waals surface area contributed by atoms with E-state index in [0.29, 0.717) is 6.42 Å². The summed E-state index contributed by atoms with van der Waals surface area (Å²) in [6.45, 7) is 2.90. The Morgan fingerprint density at radius 3 is 2.78 bits per heavy atom. The van der Waals surface area contributed by atoms with Crippen molar-refractivity contribution in [3.63, 3.8) is 0 Å². The third-order valence-corrected chi connectivity index (χ3v) is 3.38. The van der Waals surface area contributed by atoms with E-state index < -0.39 is 0 Å². The van der Waals surface area contributed by atoms with Crippen LogP contribution in [0.4, 0.5) is 5.69 Å². The summed E-state index contributed by atoms with van der Waals surface area (Å²) < 4.78 is 0. The molecule has 4 heteroatoms. The van der Waals surface area contributed by atoms with Gasteiger partial charge in [-0.15, -0.1) is 0 Å². The van der Waals surface area contributed by atoms with Gasteiger partial charge in [-0.05, 0) is 38.4 Å². The maximum atomic E-state index is 12.5. The van der Waals surface area contributed by atoms with Gasteiger partial charge in [0.1, 0.15) is 0 Å². The Morgan fingerprint density at radius 1 is 1.39 bits per heavy atom. The molecule has 1 fully saturated rings. The highest BCUT2D eigenvalue weighted by Gasteiger charge is 2.30. The van der Waals surface area contributed by atoms with E-state index in [4.69, 9.17) is 5.11 Å². The van der Waals surface area contributed by atoms with Crippen molar-refractivity contribution < 1.29 is 9.90 Å². The molecule has 4 nitrogen and oxygen atoms in total. The van der Waals surface area contributed by atoms with Crippen molar-refractivity contribution in [1.29, 1.82) is 0 Å². The third kappa shape index (κ3) is 2.71. The molecule has 1 amide bonds. The van der Waals surface area contributed by atoms with E-state index >= 15 is 0 Å². The number of aliphatic hydroxyl groups excluding tert-OH is 1. The second-order valence-electron chi connectivity index (χ2n) is 4.70. The molecule has 0 radical (unpaired) electrons. The second-order valence-corrected chi connectivity index (χ2v) is 4.70. The Hall–Kier alpha value is -1.39. The number of aliphatic hydroxyl groups is 1. The molecule has 0 saturated carbocycles. The van der Waals surface area contributed by atoms with E-state index in [0.717, 1.165) is 18.7 Å². The van der Waals surface area contributed by atoms with Crippen LogP contribution in [0.1, 0.15) is 19.8 Å². The summed E-state index contributed by atoms with van der Waals surface area (Å²) in [7, 11) is 0. The van der Waals surface area contributed by atoms with Crippen molar-refractivity contribution in [1.82, 2.24) is 5.32 Å². The second kappa shape index (κ2) is 5.98. The molecule has 2 N–H and O–H groups in total. The molecule has 98 valence electrons. The van der Waals surface area contributed by atoms with E-state index in [1.165, 1.54) is 0 Å². The molecule has 1 saturated heterocycles. The minimum Gasteiger partial charge on any atom is -0.396 e. The highest BCUT2D eigenvalue weighted by molar-refractivity contribution is 5.97. The lowest BCUT2D eigenvalue weighted by molar-refractivity contribution is -0.120. The molecule has 1 aromatic carbocycles. The van der Waals surface area contributed by atoms with Crippen LogP contribution in [0.5, 0.6) is 0 Å². The van der Waals surface area contributed by atoms with Crippen LogP contribution in [0.3, 0.4) is 0 Å². The zero-order chi connectivity index (χ0) is 13.0. The molecule has 0 aliphatic carbocycles. The van der Waals surface area contributed by atoms with E-state index in [1.54, 1.807) is 0 Å². The van der Waals surface area contributed by atoms with Gasteiger partial charge in [0, 0.05) is 18.3 Å². The molecule has 1 aromatic rings. The highest BCUT2D eigenvalue weighted by atomic mass is 16.3. The lowest BCUT2D eigenvalue weighted by atomic mass is 10.1. The van der Waals surface area contributed by atoms with E-state index in [2.05, 4.69) is 12.2 Å². The van der Waals surface area contributed by atoms with Crippen molar-refractivity contribution in [3.8, 4) is 0 Å². The Morgan fingerprint density at radius 2 is 2.11 bits per heavy atom. The van der Waals surface area contributed by atoms with Gasteiger partial charge in [-0.1, -0.05) is 18.2 Å². The smallest absolute Gasteiger partial charge is 0.244 e. The first-order chi connectivity index (χ1) is 8.74. The van der Waals surface area contributed by atoms with Gasteiger partial charge in [-0.25, -0.2) is 0 Å². The average Bonchev–Trinajstić information content (AvgIpc) is 2.51. The lowest BCUT2D eigenvalue weighted by Gasteiger charge is -2.29. The van der Waals surface area contributed by atoms with Crippen LogP contribution in [0.2, 0.25) is 0 Å². The van der Waals surface area contributed by atoms with Crippen molar-refractivity contribution in [3.05, 3.63) is 30.3 Å². The lowest BCUT2D eigenvalue weighted by Crippen LogP contribution is -2.46. The number of nitrogens with one attached hydrogen (secondary N) is 1. The summed E-state index contributed by atoms with van der Waals surface area (Å²) in [4.78, 5) is 14.3. The Labute approximate surface area is 108 Å². The van der Waals surface area contributed by atoms with Crippen LogP contribution >= 0.6 is 0 Å². The molecule has 2 unspecified atom stereocenters. The molecule has 18 heavy (non-hydrogen) atoms. The molecular weight excluding hydrogens is 228 g/mol. The van der Waals surface area contributed by atoms with Crippen LogP contribution in [0.25, 0.3) is 0 Å². The third-order valence-electron chi connectivity index (χ3n) is 3.38. The Kier molecular flexibility index (Phi) is 4.33. The minimum absolute atomic E-state index is 0.0282. The number of anilines is 1. The largest absolute Gasteiger partial charge is 0.396 e. The summed E-state index contributed by atoms with van der Waals surface area (Å²) in [5.41, 5.74) is 0.932. The van der Waals surface area contributed by atoms with Gasteiger partial charge in [0.25, 0.3) is 0 Å². The van der Waals surface area contributed by atoms with E-state index in [-0.39, 0.29) is 24.6 Å². The summed E-state index contributed by atoms with van der Waals surface area (Å²) >= 11 is 0. The SMILES string of the molecule is CC1CCNC(CCO)C(=O)N1c1ccccc1. The topological polar surface area (TPSA) is 52.6 Å². The number of rotatable bonds is 3. The predicted octanol–water partition coefficient (Wildman–Crippen LogP) is 1.15. The first-order valence-corrected chi connectivity index (χ1v) is 6.46. The fraction of sp³-hybridized carbons (Fsp3) is 0.500. The number of para-hydroxylation sites is 1. The standard InChI is InChI=1S/C14H20N2O2/c1-11-7-9-15-13(8-10-17)14(18)16(11)12-5-3-2-4-6-12/h2-6,11,13,15,17H,7-10H2,1H3. The number of benzene rings is 1. The van der Waals surface area contributed by atoms with Gasteiger partial charge >= 0.3 is 0 Å². The van der Waals surface area contributed by atoms with Gasteiger partial charge in [0.15, 0.2) is 0 Å². The molecule has 1 aliphatic heterocycles. The first-order valence-electron chi connectivity index (χ1n) is 6.46. The number of amides is 1. The summed E-state index contributed by atoms with van der Waals surface area (Å²) in [5.74, 6) is 0.0558. The fourth-order valence-corrected chi connectivity index (χ4v) is 2.39. The zero-order valence-corrected chi connectivity index (χ0v) is 10.7. The van der Waals surface area contributed by atoms with Gasteiger partial charge in [0.2, 0.25) is 5.91 Å². The molecular formula is C14H20N2O2. The Balaban J connectivity index is 2.26. The van der Waals surface area contributed by atoms with Crippen molar-refractivity contribution in [2.45, 2.75) is 31.8 Å². The molecule has 1 aliphatic rings. The number of hydrogen-bond donors (Lipinski definition) is 2. The van der Waals surface area contributed by atoms with E-state index in [1.807, 2.05) is 35.2 Å². The monoisotopic (exact) mass is 248 g/mol. The van der Waals surface area contributed by atoms with Crippen molar-refractivity contribution in [2.24, 2.45) is 0 Å². The minimum atomic E-state index is -0.278. The van der Waals surface area contributed by atoms with Crippen molar-refractivity contribution in [2.75, 3.05) is 18.1 Å². The number of hydrogen-bond acceptors (Lipinski definition) is 3. The van der Waals surface area contributed by atoms with Gasteiger partial charge in [-0.3, -0.25) is 4.79 Å². The van der Waals surface area contributed by atoms with Gasteiger partial charge < -0.3 is 15.3 Å². The fourth-order valence-electron chi connectivity index (χ4n) is 2.39. The van der Waals surface area contributed by atoms with Gasteiger partial charge in [-0.2, -0.15) is 0 Å². The van der Waals surface area contributed by atoms with E-state index in [9.17, 15) is 4.79 Å². The quantitative estimate of drug-likeness (QED) is 0.844. The summed E-state index contributed by atoms with van der Waals surface area (Å²) in [6, 6.07) is 9.63. The number of carbonyl (C=O) groups excluding carboxylic acids is 1. The molecule has 2 rings (SSSR count). The maximum absolute atomic E-state index is 12.5. The van der Waals surface area contributed by atoms with Crippen LogP contribution < -0.4 is 10.2 Å². The normalized spacial score (nSPS) is 25.0. The molecule has 2 atom stereocenters. The number of carbonyl (C=O) groups is 1. The average molecular weight is 248 g/mol. The summed E-state index contributed by atoms with van der Waals surface area (Å²) in [6.07, 6.45) is 1.39. The maximum Gasteiger partial charge on any atom is 0.244 e. The van der Waals surface area contributed by atoms with Gasteiger partial charge in [0.05, 0.1) is 6.04 Å². The first kappa shape index (κ1) is 13.1. The summed E-state index contributed by atoms with van der Waals surface area (Å²) in [5, 5.41) is 12.3. The van der Waals surface area contributed by atoms with Crippen molar-refractivity contribution >= 4 is 11.6 Å². The number of nitrogens with zero attached hydrogens (tertiary/aromatic N) is 1. The van der Waals surface area contributed by atoms with Crippen LogP contribution in [0, 0.1) is 0 Å². The van der Waals surface area contributed by atoms with Crippen LogP contribution in [0.15, 0.2) is 30.3 Å². The molecule has 0 bridgehead atoms. The van der Waals surface area contributed by atoms with Crippen LogP contribution in [-0.4, -0.2) is 36.2 Å². The molecule has 0 aromatic heterocycles.